The van der Waals surface area contributed by atoms with Gasteiger partial charge in [-0.3, -0.25) is 14.6 Å². The number of benzene rings is 1. The second-order valence-corrected chi connectivity index (χ2v) is 7.36. The average Bonchev–Trinajstić information content (AvgIpc) is 3.22. The molecule has 0 bridgehead atoms. The number of anilines is 2. The number of hydrogen-bond donors (Lipinski definition) is 2. The summed E-state index contributed by atoms with van der Waals surface area (Å²) < 4.78 is 0. The monoisotopic (exact) mass is 366 g/mol. The lowest BCUT2D eigenvalue weighted by molar-refractivity contribution is -0.138. The standard InChI is InChI=1S/C21H26N4O2/c1-21(2,19(26)23-15-16-9-11-22-12-10-16)20(27)24-17-5-7-18(8-6-17)25-13-3-4-14-25/h5-12H,3-4,13-15H2,1-2H3,(H,23,26)(H,24,27). The molecule has 6 nitrogen and oxygen atoms in total. The number of carbonyl (C=O) groups excluding carboxylic acids is 2. The normalized spacial score (nSPS) is 14.1. The highest BCUT2D eigenvalue weighted by Crippen LogP contribution is 2.24. The molecule has 3 rings (SSSR count). The van der Waals surface area contributed by atoms with E-state index in [-0.39, 0.29) is 11.8 Å². The molecule has 142 valence electrons. The molecule has 0 aliphatic carbocycles. The first-order valence-corrected chi connectivity index (χ1v) is 9.30. The van der Waals surface area contributed by atoms with Crippen LogP contribution in [0.1, 0.15) is 32.3 Å². The van der Waals surface area contributed by atoms with Crippen molar-refractivity contribution in [1.29, 1.82) is 0 Å². The lowest BCUT2D eigenvalue weighted by Crippen LogP contribution is -2.44. The van der Waals surface area contributed by atoms with Crippen LogP contribution < -0.4 is 15.5 Å². The van der Waals surface area contributed by atoms with Gasteiger partial charge in [0.05, 0.1) is 0 Å². The number of nitrogens with zero attached hydrogens (tertiary/aromatic N) is 2. The second-order valence-electron chi connectivity index (χ2n) is 7.36. The number of amides is 2. The van der Waals surface area contributed by atoms with Crippen molar-refractivity contribution < 1.29 is 9.59 Å². The van der Waals surface area contributed by atoms with Crippen molar-refractivity contribution >= 4 is 23.2 Å². The largest absolute Gasteiger partial charge is 0.372 e. The van der Waals surface area contributed by atoms with Gasteiger partial charge in [0.25, 0.3) is 0 Å². The summed E-state index contributed by atoms with van der Waals surface area (Å²) in [5.74, 6) is -0.644. The van der Waals surface area contributed by atoms with Crippen molar-refractivity contribution in [3.63, 3.8) is 0 Å². The third-order valence-electron chi connectivity index (χ3n) is 4.93. The first kappa shape index (κ1) is 18.9. The fourth-order valence-electron chi connectivity index (χ4n) is 3.03. The van der Waals surface area contributed by atoms with Crippen LogP contribution in [0.4, 0.5) is 11.4 Å². The fraction of sp³-hybridized carbons (Fsp3) is 0.381. The van der Waals surface area contributed by atoms with Gasteiger partial charge in [-0.2, -0.15) is 0 Å². The Labute approximate surface area is 160 Å². The third kappa shape index (κ3) is 4.64. The molecule has 2 aromatic rings. The molecular formula is C21H26N4O2. The van der Waals surface area contributed by atoms with Crippen LogP contribution in [0.2, 0.25) is 0 Å². The minimum atomic E-state index is -1.18. The predicted molar refractivity (Wildman–Crippen MR) is 106 cm³/mol. The van der Waals surface area contributed by atoms with Crippen LogP contribution in [0.3, 0.4) is 0 Å². The molecule has 27 heavy (non-hydrogen) atoms. The number of carbonyl (C=O) groups is 2. The zero-order valence-electron chi connectivity index (χ0n) is 15.9. The van der Waals surface area contributed by atoms with Crippen molar-refractivity contribution in [3.05, 3.63) is 54.4 Å². The van der Waals surface area contributed by atoms with Crippen molar-refractivity contribution in [3.8, 4) is 0 Å². The van der Waals surface area contributed by atoms with Gasteiger partial charge in [0, 0.05) is 43.4 Å². The van der Waals surface area contributed by atoms with E-state index in [9.17, 15) is 9.59 Å². The van der Waals surface area contributed by atoms with Gasteiger partial charge in [-0.05, 0) is 68.7 Å². The molecular weight excluding hydrogens is 340 g/mol. The van der Waals surface area contributed by atoms with Gasteiger partial charge in [-0.25, -0.2) is 0 Å². The summed E-state index contributed by atoms with van der Waals surface area (Å²) in [6, 6.07) is 11.5. The number of rotatable bonds is 6. The lowest BCUT2D eigenvalue weighted by Gasteiger charge is -2.23. The lowest BCUT2D eigenvalue weighted by atomic mass is 9.91. The smallest absolute Gasteiger partial charge is 0.239 e. The minimum absolute atomic E-state index is 0.314. The predicted octanol–water partition coefficient (Wildman–Crippen LogP) is 2.96. The van der Waals surface area contributed by atoms with Gasteiger partial charge in [0.2, 0.25) is 11.8 Å². The maximum Gasteiger partial charge on any atom is 0.239 e. The highest BCUT2D eigenvalue weighted by atomic mass is 16.2. The first-order chi connectivity index (χ1) is 13.0. The van der Waals surface area contributed by atoms with Crippen LogP contribution in [0.15, 0.2) is 48.8 Å². The maximum absolute atomic E-state index is 12.6. The van der Waals surface area contributed by atoms with E-state index in [0.717, 1.165) is 18.7 Å². The summed E-state index contributed by atoms with van der Waals surface area (Å²) in [6.45, 7) is 5.78. The molecule has 0 spiro atoms. The van der Waals surface area contributed by atoms with Gasteiger partial charge >= 0.3 is 0 Å². The highest BCUT2D eigenvalue weighted by Gasteiger charge is 2.36. The Kier molecular flexibility index (Phi) is 5.74. The maximum atomic E-state index is 12.6. The molecule has 2 heterocycles. The quantitative estimate of drug-likeness (QED) is 0.771. The van der Waals surface area contributed by atoms with Crippen molar-refractivity contribution in [1.82, 2.24) is 10.3 Å². The van der Waals surface area contributed by atoms with E-state index in [1.165, 1.54) is 18.5 Å². The summed E-state index contributed by atoms with van der Waals surface area (Å²) in [5, 5.41) is 5.67. The van der Waals surface area contributed by atoms with Crippen LogP contribution in [0, 0.1) is 5.41 Å². The third-order valence-corrected chi connectivity index (χ3v) is 4.93. The molecule has 0 atom stereocenters. The van der Waals surface area contributed by atoms with Gasteiger partial charge in [-0.15, -0.1) is 0 Å². The van der Waals surface area contributed by atoms with Gasteiger partial charge in [-0.1, -0.05) is 0 Å². The number of aromatic nitrogens is 1. The first-order valence-electron chi connectivity index (χ1n) is 9.30. The second kappa shape index (κ2) is 8.20. The van der Waals surface area contributed by atoms with E-state index < -0.39 is 5.41 Å². The van der Waals surface area contributed by atoms with E-state index in [0.29, 0.717) is 12.2 Å². The molecule has 1 fully saturated rings. The van der Waals surface area contributed by atoms with Crippen LogP contribution in [-0.4, -0.2) is 29.9 Å². The topological polar surface area (TPSA) is 74.3 Å². The molecule has 1 aliphatic heterocycles. The Morgan fingerprint density at radius 2 is 1.63 bits per heavy atom. The SMILES string of the molecule is CC(C)(C(=O)NCc1ccncc1)C(=O)Nc1ccc(N2CCCC2)cc1. The molecule has 0 unspecified atom stereocenters. The molecule has 1 aliphatic rings. The van der Waals surface area contributed by atoms with Gasteiger partial charge in [0.1, 0.15) is 5.41 Å². The Balaban J connectivity index is 1.57. The summed E-state index contributed by atoms with van der Waals surface area (Å²) in [6.07, 6.45) is 5.79. The zero-order valence-corrected chi connectivity index (χ0v) is 15.9. The highest BCUT2D eigenvalue weighted by molar-refractivity contribution is 6.09. The van der Waals surface area contributed by atoms with Crippen LogP contribution in [0.25, 0.3) is 0 Å². The Hall–Kier alpha value is -2.89. The molecule has 1 aromatic carbocycles. The Bertz CT molecular complexity index is 782. The molecule has 0 radical (unpaired) electrons. The fourth-order valence-corrected chi connectivity index (χ4v) is 3.03. The minimum Gasteiger partial charge on any atom is -0.372 e. The summed E-state index contributed by atoms with van der Waals surface area (Å²) in [4.78, 5) is 31.4. The van der Waals surface area contributed by atoms with Crippen LogP contribution in [-0.2, 0) is 16.1 Å². The molecule has 2 amide bonds. The van der Waals surface area contributed by atoms with E-state index >= 15 is 0 Å². The summed E-state index contributed by atoms with van der Waals surface area (Å²) in [7, 11) is 0. The van der Waals surface area contributed by atoms with Crippen molar-refractivity contribution in [2.45, 2.75) is 33.2 Å². The van der Waals surface area contributed by atoms with E-state index in [2.05, 4.69) is 20.5 Å². The number of hydrogen-bond acceptors (Lipinski definition) is 4. The van der Waals surface area contributed by atoms with E-state index in [1.54, 1.807) is 26.2 Å². The Morgan fingerprint density at radius 3 is 2.26 bits per heavy atom. The average molecular weight is 366 g/mol. The summed E-state index contributed by atoms with van der Waals surface area (Å²) >= 11 is 0. The molecule has 6 heteroatoms. The van der Waals surface area contributed by atoms with Crippen LogP contribution >= 0.6 is 0 Å². The molecule has 1 aromatic heterocycles. The van der Waals surface area contributed by atoms with E-state index in [4.69, 9.17) is 0 Å². The van der Waals surface area contributed by atoms with Gasteiger partial charge < -0.3 is 15.5 Å². The number of pyridine rings is 1. The van der Waals surface area contributed by atoms with Crippen molar-refractivity contribution in [2.75, 3.05) is 23.3 Å². The summed E-state index contributed by atoms with van der Waals surface area (Å²) in [5.41, 5.74) is 1.62. The van der Waals surface area contributed by atoms with Gasteiger partial charge in [0.15, 0.2) is 0 Å². The molecule has 1 saturated heterocycles. The van der Waals surface area contributed by atoms with Crippen molar-refractivity contribution in [2.24, 2.45) is 5.41 Å². The number of nitrogens with one attached hydrogen (secondary N) is 2. The molecule has 2 N–H and O–H groups in total. The molecule has 0 saturated carbocycles. The van der Waals surface area contributed by atoms with Crippen LogP contribution in [0.5, 0.6) is 0 Å². The van der Waals surface area contributed by atoms with E-state index in [1.807, 2.05) is 36.4 Å². The Morgan fingerprint density at radius 1 is 1.00 bits per heavy atom. The zero-order chi connectivity index (χ0) is 19.3.